The number of hydrogen-bond donors (Lipinski definition) is 2. The molecule has 2 rings (SSSR count). The zero-order chi connectivity index (χ0) is 11.4. The highest BCUT2D eigenvalue weighted by atomic mass is 16.5. The number of nitrogens with zero attached hydrogens (tertiary/aromatic N) is 1. The van der Waals surface area contributed by atoms with Gasteiger partial charge in [-0.05, 0) is 25.3 Å². The molecule has 3 N–H and O–H groups in total. The van der Waals surface area contributed by atoms with E-state index in [0.29, 0.717) is 25.7 Å². The van der Waals surface area contributed by atoms with Gasteiger partial charge in [0, 0.05) is 19.0 Å². The first kappa shape index (κ1) is 11.8. The number of nitrogens with two attached hydrogens (primary N) is 1. The molecule has 1 amide bonds. The van der Waals surface area contributed by atoms with E-state index in [1.807, 2.05) is 5.01 Å². The quantitative estimate of drug-likeness (QED) is 0.696. The summed E-state index contributed by atoms with van der Waals surface area (Å²) >= 11 is 0. The second-order valence-electron chi connectivity index (χ2n) is 4.61. The molecule has 0 aromatic carbocycles. The minimum Gasteiger partial charge on any atom is -0.379 e. The third kappa shape index (κ3) is 2.72. The van der Waals surface area contributed by atoms with Crippen LogP contribution in [0.4, 0.5) is 0 Å². The van der Waals surface area contributed by atoms with Crippen LogP contribution < -0.4 is 11.2 Å². The van der Waals surface area contributed by atoms with E-state index >= 15 is 0 Å². The van der Waals surface area contributed by atoms with Crippen LogP contribution in [0, 0.1) is 11.8 Å². The van der Waals surface area contributed by atoms with Crippen molar-refractivity contribution in [2.24, 2.45) is 17.6 Å². The number of carbonyl (C=O) groups excluding carboxylic acids is 1. The molecule has 2 atom stereocenters. The molecule has 16 heavy (non-hydrogen) atoms. The van der Waals surface area contributed by atoms with Gasteiger partial charge in [0.1, 0.15) is 0 Å². The molecule has 0 aromatic heterocycles. The molecule has 1 heterocycles. The van der Waals surface area contributed by atoms with Gasteiger partial charge in [-0.2, -0.15) is 0 Å². The lowest BCUT2D eigenvalue weighted by atomic mass is 9.96. The van der Waals surface area contributed by atoms with Crippen LogP contribution >= 0.6 is 0 Å². The third-order valence-electron chi connectivity index (χ3n) is 3.58. The maximum atomic E-state index is 12.0. The maximum Gasteiger partial charge on any atom is 0.237 e. The van der Waals surface area contributed by atoms with Crippen LogP contribution in [0.15, 0.2) is 0 Å². The van der Waals surface area contributed by atoms with Crippen LogP contribution in [-0.4, -0.2) is 43.8 Å². The van der Waals surface area contributed by atoms with Crippen LogP contribution in [-0.2, 0) is 9.53 Å². The molecule has 1 saturated carbocycles. The Morgan fingerprint density at radius 2 is 2.12 bits per heavy atom. The van der Waals surface area contributed by atoms with Gasteiger partial charge in [-0.1, -0.05) is 6.42 Å². The fourth-order valence-corrected chi connectivity index (χ4v) is 2.58. The van der Waals surface area contributed by atoms with Crippen LogP contribution in [0.3, 0.4) is 0 Å². The number of ether oxygens (including phenoxy) is 1. The van der Waals surface area contributed by atoms with E-state index < -0.39 is 0 Å². The van der Waals surface area contributed by atoms with Crippen molar-refractivity contribution in [1.82, 2.24) is 10.4 Å². The van der Waals surface area contributed by atoms with Crippen molar-refractivity contribution in [2.45, 2.75) is 19.3 Å². The summed E-state index contributed by atoms with van der Waals surface area (Å²) in [6.45, 7) is 3.59. The van der Waals surface area contributed by atoms with E-state index in [-0.39, 0.29) is 11.8 Å². The molecule has 1 aliphatic heterocycles. The van der Waals surface area contributed by atoms with E-state index in [4.69, 9.17) is 10.5 Å². The van der Waals surface area contributed by atoms with Crippen molar-refractivity contribution >= 4 is 5.91 Å². The second-order valence-corrected chi connectivity index (χ2v) is 4.61. The molecule has 2 unspecified atom stereocenters. The summed E-state index contributed by atoms with van der Waals surface area (Å²) in [6.07, 6.45) is 3.21. The van der Waals surface area contributed by atoms with Crippen molar-refractivity contribution < 1.29 is 9.53 Å². The predicted molar refractivity (Wildman–Crippen MR) is 60.4 cm³/mol. The molecule has 0 radical (unpaired) electrons. The Hall–Kier alpha value is -0.650. The maximum absolute atomic E-state index is 12.0. The molecular formula is C11H21N3O2. The van der Waals surface area contributed by atoms with Crippen molar-refractivity contribution in [1.29, 1.82) is 0 Å². The highest BCUT2D eigenvalue weighted by Gasteiger charge is 2.32. The summed E-state index contributed by atoms with van der Waals surface area (Å²) in [5.74, 6) is 0.642. The lowest BCUT2D eigenvalue weighted by Gasteiger charge is -2.29. The van der Waals surface area contributed by atoms with Crippen LogP contribution in [0.5, 0.6) is 0 Å². The van der Waals surface area contributed by atoms with E-state index in [9.17, 15) is 4.79 Å². The van der Waals surface area contributed by atoms with Crippen molar-refractivity contribution in [3.8, 4) is 0 Å². The summed E-state index contributed by atoms with van der Waals surface area (Å²) in [5, 5.41) is 1.96. The normalized spacial score (nSPS) is 31.6. The Labute approximate surface area is 96.3 Å². The molecule has 5 heteroatoms. The number of amides is 1. The van der Waals surface area contributed by atoms with Gasteiger partial charge in [-0.3, -0.25) is 10.2 Å². The molecule has 0 aromatic rings. The summed E-state index contributed by atoms with van der Waals surface area (Å²) in [5.41, 5.74) is 8.67. The van der Waals surface area contributed by atoms with Gasteiger partial charge in [0.05, 0.1) is 13.2 Å². The molecule has 5 nitrogen and oxygen atoms in total. The monoisotopic (exact) mass is 227 g/mol. The highest BCUT2D eigenvalue weighted by molar-refractivity contribution is 5.78. The van der Waals surface area contributed by atoms with Crippen molar-refractivity contribution in [3.05, 3.63) is 0 Å². The fraction of sp³-hybridized carbons (Fsp3) is 0.909. The zero-order valence-electron chi connectivity index (χ0n) is 9.65. The minimum absolute atomic E-state index is 0.118. The SMILES string of the molecule is NCC1CCCC1C(=O)NN1CCOCC1. The Morgan fingerprint density at radius 3 is 2.81 bits per heavy atom. The topological polar surface area (TPSA) is 67.6 Å². The summed E-state index contributed by atoms with van der Waals surface area (Å²) < 4.78 is 5.24. The number of nitrogens with one attached hydrogen (secondary N) is 1. The number of rotatable bonds is 3. The highest BCUT2D eigenvalue weighted by Crippen LogP contribution is 2.30. The Morgan fingerprint density at radius 1 is 1.38 bits per heavy atom. The summed E-state index contributed by atoms with van der Waals surface area (Å²) in [4.78, 5) is 12.0. The minimum atomic E-state index is 0.118. The molecule has 92 valence electrons. The second kappa shape index (κ2) is 5.61. The van der Waals surface area contributed by atoms with E-state index in [2.05, 4.69) is 5.43 Å². The molecule has 1 saturated heterocycles. The van der Waals surface area contributed by atoms with Gasteiger partial charge in [0.15, 0.2) is 0 Å². The molecular weight excluding hydrogens is 206 g/mol. The Bertz CT molecular complexity index is 241. The third-order valence-corrected chi connectivity index (χ3v) is 3.58. The van der Waals surface area contributed by atoms with Gasteiger partial charge in [-0.15, -0.1) is 0 Å². The molecule has 2 fully saturated rings. The largest absolute Gasteiger partial charge is 0.379 e. The van der Waals surface area contributed by atoms with Crippen LogP contribution in [0.1, 0.15) is 19.3 Å². The van der Waals surface area contributed by atoms with E-state index in [0.717, 1.165) is 32.4 Å². The fourth-order valence-electron chi connectivity index (χ4n) is 2.58. The lowest BCUT2D eigenvalue weighted by Crippen LogP contribution is -2.50. The first-order valence-corrected chi connectivity index (χ1v) is 6.14. The van der Waals surface area contributed by atoms with Gasteiger partial charge in [0.2, 0.25) is 5.91 Å². The predicted octanol–water partition coefficient (Wildman–Crippen LogP) is -0.275. The van der Waals surface area contributed by atoms with Gasteiger partial charge in [-0.25, -0.2) is 5.01 Å². The first-order valence-electron chi connectivity index (χ1n) is 6.14. The van der Waals surface area contributed by atoms with Crippen LogP contribution in [0.2, 0.25) is 0 Å². The molecule has 0 bridgehead atoms. The standard InChI is InChI=1S/C11H21N3O2/c12-8-9-2-1-3-10(9)11(15)13-14-4-6-16-7-5-14/h9-10H,1-8,12H2,(H,13,15). The average molecular weight is 227 g/mol. The lowest BCUT2D eigenvalue weighted by molar-refractivity contribution is -0.133. The molecule has 2 aliphatic rings. The van der Waals surface area contributed by atoms with Crippen LogP contribution in [0.25, 0.3) is 0 Å². The van der Waals surface area contributed by atoms with Gasteiger partial charge < -0.3 is 10.5 Å². The van der Waals surface area contributed by atoms with Gasteiger partial charge >= 0.3 is 0 Å². The van der Waals surface area contributed by atoms with Gasteiger partial charge in [0.25, 0.3) is 0 Å². The Kier molecular flexibility index (Phi) is 4.15. The number of morpholine rings is 1. The summed E-state index contributed by atoms with van der Waals surface area (Å²) in [6, 6.07) is 0. The summed E-state index contributed by atoms with van der Waals surface area (Å²) in [7, 11) is 0. The van der Waals surface area contributed by atoms with Crippen molar-refractivity contribution in [2.75, 3.05) is 32.8 Å². The zero-order valence-corrected chi connectivity index (χ0v) is 9.65. The molecule has 0 spiro atoms. The van der Waals surface area contributed by atoms with E-state index in [1.165, 1.54) is 0 Å². The van der Waals surface area contributed by atoms with E-state index in [1.54, 1.807) is 0 Å². The average Bonchev–Trinajstić information content (AvgIpc) is 2.78. The number of hydrazine groups is 1. The number of hydrogen-bond acceptors (Lipinski definition) is 4. The first-order chi connectivity index (χ1) is 7.81. The Balaban J connectivity index is 1.82. The molecule has 1 aliphatic carbocycles. The number of carbonyl (C=O) groups is 1. The van der Waals surface area contributed by atoms with Crippen molar-refractivity contribution in [3.63, 3.8) is 0 Å². The smallest absolute Gasteiger partial charge is 0.237 e.